The van der Waals surface area contributed by atoms with Crippen molar-refractivity contribution in [2.24, 2.45) is 22.7 Å². The summed E-state index contributed by atoms with van der Waals surface area (Å²) in [6, 6.07) is 0. The Kier molecular flexibility index (Phi) is 9.67. The fourth-order valence-corrected chi connectivity index (χ4v) is 6.68. The van der Waals surface area contributed by atoms with Crippen molar-refractivity contribution in [2.75, 3.05) is 0 Å². The molecule has 2 aliphatic carbocycles. The second-order valence-electron chi connectivity index (χ2n) is 11.3. The van der Waals surface area contributed by atoms with Crippen LogP contribution in [0.2, 0.25) is 0 Å². The zero-order valence-corrected chi connectivity index (χ0v) is 24.4. The van der Waals surface area contributed by atoms with E-state index >= 15 is 0 Å². The second-order valence-corrected chi connectivity index (χ2v) is 11.3. The Hall–Kier alpha value is -2.98. The van der Waals surface area contributed by atoms with Crippen molar-refractivity contribution in [1.82, 2.24) is 0 Å². The van der Waals surface area contributed by atoms with E-state index < -0.39 is 77.4 Å². The first-order chi connectivity index (χ1) is 18.7. The highest BCUT2D eigenvalue weighted by Crippen LogP contribution is 2.67. The number of aliphatic hydroxyl groups is 1. The van der Waals surface area contributed by atoms with Gasteiger partial charge < -0.3 is 24.1 Å². The molecule has 222 valence electrons. The zero-order chi connectivity index (χ0) is 30.0. The van der Waals surface area contributed by atoms with Gasteiger partial charge in [0.15, 0.2) is 0 Å². The highest BCUT2D eigenvalue weighted by atomic mass is 16.8. The van der Waals surface area contributed by atoms with Crippen LogP contribution in [0.15, 0.2) is 36.0 Å². The summed E-state index contributed by atoms with van der Waals surface area (Å²) >= 11 is 0. The first-order valence-electron chi connectivity index (χ1n) is 13.8. The number of hydrogen-bond acceptors (Lipinski definition) is 10. The number of rotatable bonds is 9. The van der Waals surface area contributed by atoms with E-state index in [4.69, 9.17) is 23.7 Å². The lowest BCUT2D eigenvalue weighted by atomic mass is 9.44. The molecule has 0 amide bonds. The van der Waals surface area contributed by atoms with Crippen molar-refractivity contribution in [2.45, 2.75) is 105 Å². The molecule has 0 bridgehead atoms. The van der Waals surface area contributed by atoms with Gasteiger partial charge in [-0.15, -0.1) is 0 Å². The molecule has 9 atom stereocenters. The Morgan fingerprint density at radius 1 is 1.07 bits per heavy atom. The minimum atomic E-state index is -1.48. The van der Waals surface area contributed by atoms with E-state index in [2.05, 4.69) is 6.58 Å². The third kappa shape index (κ3) is 5.74. The molecule has 1 spiro atoms. The van der Waals surface area contributed by atoms with Crippen molar-refractivity contribution < 1.29 is 48.0 Å². The van der Waals surface area contributed by atoms with Gasteiger partial charge in [0, 0.05) is 38.7 Å². The van der Waals surface area contributed by atoms with Gasteiger partial charge in [0.25, 0.3) is 0 Å². The van der Waals surface area contributed by atoms with Crippen molar-refractivity contribution in [3.63, 3.8) is 0 Å². The molecule has 0 aromatic carbocycles. The lowest BCUT2D eigenvalue weighted by molar-refractivity contribution is -0.276. The molecule has 1 N–H and O–H groups in total. The molecule has 3 rings (SSSR count). The standard InChI is InChI=1S/C30H42O10/c1-9-11-24(34)39-25-17(4)29(8,13-12-16(3)10-2)23-15-21(36-18(5)31)14-22-27(37-19(6)32)40-28(38-20(7)33)30(22,23)26(25)35/h10,12,14,17,21,23,25-28,35H,2,9,11,13,15H2,1,3-8H3. The molecule has 1 saturated heterocycles. The van der Waals surface area contributed by atoms with Gasteiger partial charge in [-0.3, -0.25) is 23.9 Å². The molecule has 0 aromatic rings. The number of aliphatic hydroxyl groups excluding tert-OH is 1. The average molecular weight is 563 g/mol. The van der Waals surface area contributed by atoms with Crippen LogP contribution in [-0.4, -0.2) is 59.9 Å². The molecule has 3 aliphatic rings. The summed E-state index contributed by atoms with van der Waals surface area (Å²) in [5.41, 5.74) is -0.960. The smallest absolute Gasteiger partial charge is 0.306 e. The second kappa shape index (κ2) is 12.3. The highest BCUT2D eigenvalue weighted by Gasteiger charge is 2.74. The monoisotopic (exact) mass is 562 g/mol. The van der Waals surface area contributed by atoms with Gasteiger partial charge in [0.1, 0.15) is 18.3 Å². The number of carbonyl (C=O) groups excluding carboxylic acids is 4. The number of esters is 4. The summed E-state index contributed by atoms with van der Waals surface area (Å²) in [4.78, 5) is 49.3. The van der Waals surface area contributed by atoms with Crippen LogP contribution in [0.5, 0.6) is 0 Å². The van der Waals surface area contributed by atoms with Crippen LogP contribution in [0.4, 0.5) is 0 Å². The van der Waals surface area contributed by atoms with Crippen LogP contribution in [0.3, 0.4) is 0 Å². The molecule has 2 fully saturated rings. The van der Waals surface area contributed by atoms with Crippen LogP contribution in [0, 0.1) is 22.7 Å². The minimum absolute atomic E-state index is 0.162. The quantitative estimate of drug-likeness (QED) is 0.191. The fourth-order valence-electron chi connectivity index (χ4n) is 6.68. The van der Waals surface area contributed by atoms with Gasteiger partial charge in [0.05, 0.1) is 5.41 Å². The van der Waals surface area contributed by atoms with E-state index in [1.54, 1.807) is 12.2 Å². The summed E-state index contributed by atoms with van der Waals surface area (Å²) in [5.74, 6) is -3.23. The minimum Gasteiger partial charge on any atom is -0.459 e. The molecule has 40 heavy (non-hydrogen) atoms. The van der Waals surface area contributed by atoms with Gasteiger partial charge in [-0.25, -0.2) is 0 Å². The average Bonchev–Trinajstić information content (AvgIpc) is 3.15. The highest BCUT2D eigenvalue weighted by molar-refractivity contribution is 5.70. The van der Waals surface area contributed by atoms with Crippen molar-refractivity contribution in [3.05, 3.63) is 36.0 Å². The summed E-state index contributed by atoms with van der Waals surface area (Å²) in [7, 11) is 0. The fraction of sp³-hybridized carbons (Fsp3) is 0.667. The molecule has 9 unspecified atom stereocenters. The lowest BCUT2D eigenvalue weighted by Crippen LogP contribution is -2.68. The number of ether oxygens (including phenoxy) is 5. The maximum atomic E-state index is 12.8. The molecule has 0 radical (unpaired) electrons. The van der Waals surface area contributed by atoms with Gasteiger partial charge in [-0.1, -0.05) is 45.1 Å². The Bertz CT molecular complexity index is 1090. The van der Waals surface area contributed by atoms with Crippen LogP contribution in [0.1, 0.15) is 74.1 Å². The summed E-state index contributed by atoms with van der Waals surface area (Å²) in [5, 5.41) is 12.2. The van der Waals surface area contributed by atoms with Crippen LogP contribution >= 0.6 is 0 Å². The molecular formula is C30H42O10. The predicted molar refractivity (Wildman–Crippen MR) is 143 cm³/mol. The summed E-state index contributed by atoms with van der Waals surface area (Å²) < 4.78 is 28.8. The maximum Gasteiger partial charge on any atom is 0.306 e. The largest absolute Gasteiger partial charge is 0.459 e. The number of allylic oxidation sites excluding steroid dienone is 3. The molecule has 10 heteroatoms. The SMILES string of the molecule is C=CC(C)=CCC1(C)C(C)C(OC(=O)CCC)C(O)C23C(=CC(OC(C)=O)CC12)C(OC(C)=O)OC3OC(C)=O. The van der Waals surface area contributed by atoms with Crippen LogP contribution in [-0.2, 0) is 42.9 Å². The van der Waals surface area contributed by atoms with Crippen LogP contribution in [0.25, 0.3) is 0 Å². The molecule has 1 heterocycles. The van der Waals surface area contributed by atoms with Gasteiger partial charge in [0.2, 0.25) is 12.6 Å². The molecular weight excluding hydrogens is 520 g/mol. The predicted octanol–water partition coefficient (Wildman–Crippen LogP) is 3.91. The van der Waals surface area contributed by atoms with E-state index in [0.717, 1.165) is 5.57 Å². The van der Waals surface area contributed by atoms with Gasteiger partial charge in [-0.05, 0) is 43.6 Å². The third-order valence-electron chi connectivity index (χ3n) is 8.70. The molecule has 0 aromatic heterocycles. The summed E-state index contributed by atoms with van der Waals surface area (Å²) in [6.07, 6.45) is 0.948. The van der Waals surface area contributed by atoms with E-state index in [-0.39, 0.29) is 12.8 Å². The maximum absolute atomic E-state index is 12.8. The molecule has 1 aliphatic heterocycles. The first kappa shape index (κ1) is 31.5. The zero-order valence-electron chi connectivity index (χ0n) is 24.4. The Morgan fingerprint density at radius 2 is 1.70 bits per heavy atom. The van der Waals surface area contributed by atoms with Crippen molar-refractivity contribution >= 4 is 23.9 Å². The number of carbonyl (C=O) groups is 4. The summed E-state index contributed by atoms with van der Waals surface area (Å²) in [6.45, 7) is 15.3. The van der Waals surface area contributed by atoms with Crippen LogP contribution < -0.4 is 0 Å². The topological polar surface area (TPSA) is 135 Å². The van der Waals surface area contributed by atoms with E-state index in [9.17, 15) is 24.3 Å². The molecule has 1 saturated carbocycles. The van der Waals surface area contributed by atoms with Crippen molar-refractivity contribution in [1.29, 1.82) is 0 Å². The normalized spacial score (nSPS) is 36.9. The van der Waals surface area contributed by atoms with Gasteiger partial charge in [-0.2, -0.15) is 0 Å². The van der Waals surface area contributed by atoms with Gasteiger partial charge >= 0.3 is 23.9 Å². The first-order valence-corrected chi connectivity index (χ1v) is 13.8. The van der Waals surface area contributed by atoms with Crippen molar-refractivity contribution in [3.8, 4) is 0 Å². The third-order valence-corrected chi connectivity index (χ3v) is 8.70. The Morgan fingerprint density at radius 3 is 2.25 bits per heavy atom. The van der Waals surface area contributed by atoms with E-state index in [1.165, 1.54) is 20.8 Å². The number of hydrogen-bond donors (Lipinski definition) is 1. The van der Waals surface area contributed by atoms with E-state index in [0.29, 0.717) is 18.4 Å². The molecule has 10 nitrogen and oxygen atoms in total. The lowest BCUT2D eigenvalue weighted by Gasteiger charge is -2.62. The Balaban J connectivity index is 2.33. The van der Waals surface area contributed by atoms with E-state index in [1.807, 2.05) is 33.8 Å². The Labute approximate surface area is 235 Å².